The number of hydrazine groups is 1. The molecule has 0 fully saturated rings. The summed E-state index contributed by atoms with van der Waals surface area (Å²) in [5.41, 5.74) is 6.16. The molecule has 1 atom stereocenters. The van der Waals surface area contributed by atoms with E-state index in [9.17, 15) is 0 Å². The van der Waals surface area contributed by atoms with Gasteiger partial charge in [-0.05, 0) is 22.8 Å². The molecule has 0 bridgehead atoms. The first kappa shape index (κ1) is 13.4. The van der Waals surface area contributed by atoms with Gasteiger partial charge >= 0.3 is 0 Å². The molecule has 0 spiro atoms. The highest BCUT2D eigenvalue weighted by atomic mass is 15.2. The van der Waals surface area contributed by atoms with Gasteiger partial charge in [-0.25, -0.2) is 15.4 Å². The van der Waals surface area contributed by atoms with Crippen LogP contribution in [-0.4, -0.2) is 9.97 Å². The Morgan fingerprint density at radius 2 is 1.38 bits per heavy atom. The monoisotopic (exact) mass is 276 g/mol. The summed E-state index contributed by atoms with van der Waals surface area (Å²) in [7, 11) is 0. The molecule has 1 aromatic heterocycles. The summed E-state index contributed by atoms with van der Waals surface area (Å²) in [6.45, 7) is 0. The molecular weight excluding hydrogens is 260 g/mol. The van der Waals surface area contributed by atoms with Gasteiger partial charge in [-0.1, -0.05) is 54.6 Å². The van der Waals surface area contributed by atoms with Gasteiger partial charge in [-0.2, -0.15) is 0 Å². The van der Waals surface area contributed by atoms with Crippen molar-refractivity contribution in [3.63, 3.8) is 0 Å². The van der Waals surface area contributed by atoms with E-state index >= 15 is 0 Å². The van der Waals surface area contributed by atoms with Gasteiger partial charge in [0.05, 0.1) is 0 Å². The molecule has 0 saturated heterocycles. The summed E-state index contributed by atoms with van der Waals surface area (Å²) in [6, 6.07) is 20.1. The van der Waals surface area contributed by atoms with Crippen molar-refractivity contribution in [2.24, 2.45) is 5.84 Å². The predicted molar refractivity (Wildman–Crippen MR) is 83.1 cm³/mol. The van der Waals surface area contributed by atoms with E-state index in [0.29, 0.717) is 5.82 Å². The van der Waals surface area contributed by atoms with Crippen molar-refractivity contribution in [3.05, 3.63) is 84.4 Å². The normalized spacial score (nSPS) is 12.0. The predicted octanol–water partition coefficient (Wildman–Crippen LogP) is 2.70. The maximum atomic E-state index is 5.66. The highest BCUT2D eigenvalue weighted by Gasteiger charge is 2.14. The molecule has 2 aromatic carbocycles. The summed E-state index contributed by atoms with van der Waals surface area (Å²) in [4.78, 5) is 8.51. The van der Waals surface area contributed by atoms with E-state index in [2.05, 4.69) is 39.7 Å². The lowest BCUT2D eigenvalue weighted by atomic mass is 10.0. The first-order chi connectivity index (χ1) is 10.4. The maximum absolute atomic E-state index is 5.66. The number of hydrogen-bond donors (Lipinski definition) is 2. The third-order valence-electron chi connectivity index (χ3n) is 3.36. The van der Waals surface area contributed by atoms with Crippen molar-refractivity contribution in [2.45, 2.75) is 6.04 Å². The second-order valence-corrected chi connectivity index (χ2v) is 4.69. The van der Waals surface area contributed by atoms with Crippen LogP contribution in [0, 0.1) is 0 Å². The standard InChI is InChI=1S/C17H16N4/c18-21-16(17-19-11-4-12-20-17)15-9-7-14(8-10-15)13-5-2-1-3-6-13/h1-12,16,21H,18H2. The van der Waals surface area contributed by atoms with Gasteiger partial charge in [0.15, 0.2) is 5.82 Å². The molecule has 21 heavy (non-hydrogen) atoms. The number of aromatic nitrogens is 2. The van der Waals surface area contributed by atoms with Crippen LogP contribution in [-0.2, 0) is 0 Å². The SMILES string of the molecule is NNC(c1ccc(-c2ccccc2)cc1)c1ncccn1. The Morgan fingerprint density at radius 3 is 2.00 bits per heavy atom. The van der Waals surface area contributed by atoms with Crippen LogP contribution in [0.1, 0.15) is 17.4 Å². The molecule has 3 rings (SSSR count). The fourth-order valence-corrected chi connectivity index (χ4v) is 2.28. The van der Waals surface area contributed by atoms with Crippen molar-refractivity contribution >= 4 is 0 Å². The number of nitrogens with two attached hydrogens (primary N) is 1. The molecule has 4 heteroatoms. The Hall–Kier alpha value is -2.56. The van der Waals surface area contributed by atoms with Crippen LogP contribution in [0.25, 0.3) is 11.1 Å². The average Bonchev–Trinajstić information content (AvgIpc) is 2.58. The molecular formula is C17H16N4. The number of nitrogens with one attached hydrogen (secondary N) is 1. The Bertz CT molecular complexity index is 681. The van der Waals surface area contributed by atoms with Gasteiger partial charge in [-0.3, -0.25) is 5.84 Å². The Labute approximate surface area is 123 Å². The highest BCUT2D eigenvalue weighted by molar-refractivity contribution is 5.63. The summed E-state index contributed by atoms with van der Waals surface area (Å²) >= 11 is 0. The molecule has 1 unspecified atom stereocenters. The third-order valence-corrected chi connectivity index (χ3v) is 3.36. The van der Waals surface area contributed by atoms with Gasteiger partial charge in [0.2, 0.25) is 0 Å². The molecule has 3 aromatic rings. The summed E-state index contributed by atoms with van der Waals surface area (Å²) < 4.78 is 0. The molecule has 0 aliphatic carbocycles. The molecule has 3 N–H and O–H groups in total. The first-order valence-corrected chi connectivity index (χ1v) is 6.77. The maximum Gasteiger partial charge on any atom is 0.150 e. The Morgan fingerprint density at radius 1 is 0.762 bits per heavy atom. The van der Waals surface area contributed by atoms with Crippen molar-refractivity contribution in [2.75, 3.05) is 0 Å². The molecule has 104 valence electrons. The first-order valence-electron chi connectivity index (χ1n) is 6.77. The fourth-order valence-electron chi connectivity index (χ4n) is 2.28. The minimum atomic E-state index is -0.212. The van der Waals surface area contributed by atoms with Gasteiger partial charge in [-0.15, -0.1) is 0 Å². The lowest BCUT2D eigenvalue weighted by Gasteiger charge is -2.15. The van der Waals surface area contributed by atoms with E-state index in [0.717, 1.165) is 5.56 Å². The van der Waals surface area contributed by atoms with E-state index < -0.39 is 0 Å². The van der Waals surface area contributed by atoms with Crippen molar-refractivity contribution in [1.29, 1.82) is 0 Å². The van der Waals surface area contributed by atoms with Crippen molar-refractivity contribution in [1.82, 2.24) is 15.4 Å². The van der Waals surface area contributed by atoms with Crippen LogP contribution in [0.5, 0.6) is 0 Å². The van der Waals surface area contributed by atoms with E-state index in [1.807, 2.05) is 30.3 Å². The molecule has 1 heterocycles. The summed E-state index contributed by atoms with van der Waals surface area (Å²) in [6.07, 6.45) is 3.43. The fraction of sp³-hybridized carbons (Fsp3) is 0.0588. The quantitative estimate of drug-likeness (QED) is 0.568. The van der Waals surface area contributed by atoms with Crippen LogP contribution in [0.2, 0.25) is 0 Å². The van der Waals surface area contributed by atoms with E-state index in [1.165, 1.54) is 11.1 Å². The van der Waals surface area contributed by atoms with Gasteiger partial charge in [0, 0.05) is 12.4 Å². The number of rotatable bonds is 4. The zero-order valence-corrected chi connectivity index (χ0v) is 11.5. The summed E-state index contributed by atoms with van der Waals surface area (Å²) in [5.74, 6) is 6.32. The molecule has 0 radical (unpaired) electrons. The van der Waals surface area contributed by atoms with Gasteiger partial charge < -0.3 is 0 Å². The van der Waals surface area contributed by atoms with E-state index in [-0.39, 0.29) is 6.04 Å². The Balaban J connectivity index is 1.90. The van der Waals surface area contributed by atoms with Crippen LogP contribution in [0.4, 0.5) is 0 Å². The second-order valence-electron chi connectivity index (χ2n) is 4.69. The molecule has 0 aliphatic rings. The average molecular weight is 276 g/mol. The molecule has 0 amide bonds. The van der Waals surface area contributed by atoms with Crippen molar-refractivity contribution < 1.29 is 0 Å². The lowest BCUT2D eigenvalue weighted by molar-refractivity contribution is 0.601. The van der Waals surface area contributed by atoms with Crippen LogP contribution >= 0.6 is 0 Å². The smallest absolute Gasteiger partial charge is 0.150 e. The minimum absolute atomic E-state index is 0.212. The van der Waals surface area contributed by atoms with E-state index in [1.54, 1.807) is 18.5 Å². The lowest BCUT2D eigenvalue weighted by Crippen LogP contribution is -2.30. The zero-order chi connectivity index (χ0) is 14.5. The van der Waals surface area contributed by atoms with Crippen LogP contribution in [0.15, 0.2) is 73.1 Å². The zero-order valence-electron chi connectivity index (χ0n) is 11.5. The molecule has 4 nitrogen and oxygen atoms in total. The largest absolute Gasteiger partial charge is 0.270 e. The highest BCUT2D eigenvalue weighted by Crippen LogP contribution is 2.23. The number of benzene rings is 2. The minimum Gasteiger partial charge on any atom is -0.270 e. The Kier molecular flexibility index (Phi) is 4.00. The molecule has 0 aliphatic heterocycles. The van der Waals surface area contributed by atoms with Crippen molar-refractivity contribution in [3.8, 4) is 11.1 Å². The van der Waals surface area contributed by atoms with E-state index in [4.69, 9.17) is 5.84 Å². The summed E-state index contributed by atoms with van der Waals surface area (Å²) in [5, 5.41) is 0. The van der Waals surface area contributed by atoms with Gasteiger partial charge in [0.25, 0.3) is 0 Å². The number of hydrogen-bond acceptors (Lipinski definition) is 4. The topological polar surface area (TPSA) is 63.8 Å². The molecule has 0 saturated carbocycles. The van der Waals surface area contributed by atoms with Crippen LogP contribution in [0.3, 0.4) is 0 Å². The van der Waals surface area contributed by atoms with Crippen LogP contribution < -0.4 is 11.3 Å². The third kappa shape index (κ3) is 2.97. The second kappa shape index (κ2) is 6.26. The number of nitrogens with zero attached hydrogens (tertiary/aromatic N) is 2. The van der Waals surface area contributed by atoms with Gasteiger partial charge in [0.1, 0.15) is 6.04 Å².